The molecule has 0 saturated heterocycles. The molecule has 0 saturated carbocycles. The van der Waals surface area contributed by atoms with Crippen LogP contribution in [0.4, 0.5) is 10.8 Å². The van der Waals surface area contributed by atoms with Gasteiger partial charge in [-0.05, 0) is 19.1 Å². The van der Waals surface area contributed by atoms with Crippen LogP contribution in [0.15, 0.2) is 29.2 Å². The minimum absolute atomic E-state index is 0.211. The Hall–Kier alpha value is -1.77. The summed E-state index contributed by atoms with van der Waals surface area (Å²) in [5, 5.41) is 3.81. The molecule has 0 amide bonds. The van der Waals surface area contributed by atoms with Crippen LogP contribution < -0.4 is 5.32 Å². The van der Waals surface area contributed by atoms with E-state index in [2.05, 4.69) is 20.3 Å². The second-order valence-electron chi connectivity index (χ2n) is 4.63. The van der Waals surface area contributed by atoms with Gasteiger partial charge in [-0.3, -0.25) is 0 Å². The van der Waals surface area contributed by atoms with Gasteiger partial charge in [-0.25, -0.2) is 23.4 Å². The summed E-state index contributed by atoms with van der Waals surface area (Å²) in [4.78, 5) is 13.5. The lowest BCUT2D eigenvalue weighted by Crippen LogP contribution is -2.02. The fourth-order valence-electron chi connectivity index (χ4n) is 1.95. The van der Waals surface area contributed by atoms with Gasteiger partial charge in [-0.1, -0.05) is 35.1 Å². The van der Waals surface area contributed by atoms with Gasteiger partial charge in [0.25, 0.3) is 0 Å². The van der Waals surface area contributed by atoms with Gasteiger partial charge in [0.1, 0.15) is 11.3 Å². The van der Waals surface area contributed by atoms with Gasteiger partial charge in [-0.15, -0.1) is 0 Å². The fraction of sp³-hybridized carbons (Fsp3) is 0.154. The zero-order valence-electron chi connectivity index (χ0n) is 11.7. The molecule has 1 aromatic carbocycles. The summed E-state index contributed by atoms with van der Waals surface area (Å²) in [6, 6.07) is 6.65. The van der Waals surface area contributed by atoms with Crippen molar-refractivity contribution in [3.05, 3.63) is 35.2 Å². The molecule has 0 fully saturated rings. The molecule has 3 aromatic rings. The average Bonchev–Trinajstić information content (AvgIpc) is 2.81. The SMILES string of the molecule is Cc1nc(Cl)c2nc(Nc3ccccc3S(C)(=O)=O)sc2n1. The Bertz CT molecular complexity index is 969. The molecular formula is C13H11ClN4O2S2. The fourth-order valence-corrected chi connectivity index (χ4v) is 4.00. The lowest BCUT2D eigenvalue weighted by Gasteiger charge is -2.07. The molecule has 2 aromatic heterocycles. The van der Waals surface area contributed by atoms with Crippen LogP contribution in [-0.4, -0.2) is 29.6 Å². The Kier molecular flexibility index (Phi) is 3.75. The van der Waals surface area contributed by atoms with Crippen molar-refractivity contribution < 1.29 is 8.42 Å². The van der Waals surface area contributed by atoms with Crippen molar-refractivity contribution in [3.8, 4) is 0 Å². The number of hydrogen-bond donors (Lipinski definition) is 1. The lowest BCUT2D eigenvalue weighted by atomic mass is 10.3. The van der Waals surface area contributed by atoms with Crippen molar-refractivity contribution in [2.24, 2.45) is 0 Å². The number of nitrogens with zero attached hydrogens (tertiary/aromatic N) is 3. The summed E-state index contributed by atoms with van der Waals surface area (Å²) >= 11 is 7.34. The lowest BCUT2D eigenvalue weighted by molar-refractivity contribution is 0.602. The predicted molar refractivity (Wildman–Crippen MR) is 87.8 cm³/mol. The van der Waals surface area contributed by atoms with Crippen LogP contribution in [0, 0.1) is 6.92 Å². The van der Waals surface area contributed by atoms with E-state index < -0.39 is 9.84 Å². The largest absolute Gasteiger partial charge is 0.330 e. The van der Waals surface area contributed by atoms with Crippen LogP contribution >= 0.6 is 22.9 Å². The molecule has 1 N–H and O–H groups in total. The minimum Gasteiger partial charge on any atom is -0.330 e. The van der Waals surface area contributed by atoms with E-state index in [9.17, 15) is 8.42 Å². The summed E-state index contributed by atoms with van der Waals surface area (Å²) in [5.41, 5.74) is 0.960. The number of nitrogens with one attached hydrogen (secondary N) is 1. The number of sulfone groups is 1. The quantitative estimate of drug-likeness (QED) is 0.727. The normalized spacial score (nSPS) is 11.8. The summed E-state index contributed by atoms with van der Waals surface area (Å²) in [7, 11) is -3.34. The van der Waals surface area contributed by atoms with Crippen LogP contribution in [0.3, 0.4) is 0 Å². The highest BCUT2D eigenvalue weighted by molar-refractivity contribution is 7.90. The summed E-state index contributed by atoms with van der Waals surface area (Å²) in [6.07, 6.45) is 1.16. The number of benzene rings is 1. The molecule has 0 aliphatic carbocycles. The molecule has 0 atom stereocenters. The minimum atomic E-state index is -3.34. The van der Waals surface area contributed by atoms with E-state index in [1.807, 2.05) is 0 Å². The Labute approximate surface area is 136 Å². The standard InChI is InChI=1S/C13H11ClN4O2S2/c1-7-15-11(14)10-12(16-7)21-13(18-10)17-8-5-3-4-6-9(8)22(2,19)20/h3-6H,1-2H3,(H,17,18). The number of rotatable bonds is 3. The molecule has 114 valence electrons. The molecule has 0 unspecified atom stereocenters. The number of aryl methyl sites for hydroxylation is 1. The van der Waals surface area contributed by atoms with Crippen molar-refractivity contribution in [1.29, 1.82) is 0 Å². The van der Waals surface area contributed by atoms with Gasteiger partial charge in [-0.2, -0.15) is 0 Å². The topological polar surface area (TPSA) is 84.8 Å². The molecular weight excluding hydrogens is 344 g/mol. The van der Waals surface area contributed by atoms with Gasteiger partial charge in [0.05, 0.1) is 10.6 Å². The molecule has 3 rings (SSSR count). The second kappa shape index (κ2) is 5.45. The van der Waals surface area contributed by atoms with E-state index in [0.29, 0.717) is 27.0 Å². The monoisotopic (exact) mass is 354 g/mol. The van der Waals surface area contributed by atoms with E-state index in [1.165, 1.54) is 11.3 Å². The molecule has 0 aliphatic heterocycles. The third kappa shape index (κ3) is 2.90. The number of hydrogen-bond acceptors (Lipinski definition) is 7. The van der Waals surface area contributed by atoms with Crippen LogP contribution in [0.2, 0.25) is 5.15 Å². The Morgan fingerprint density at radius 2 is 1.91 bits per heavy atom. The zero-order chi connectivity index (χ0) is 15.9. The van der Waals surface area contributed by atoms with Crippen molar-refractivity contribution in [2.45, 2.75) is 11.8 Å². The molecule has 0 bridgehead atoms. The zero-order valence-corrected chi connectivity index (χ0v) is 14.1. The smallest absolute Gasteiger partial charge is 0.189 e. The first kappa shape index (κ1) is 15.1. The molecule has 9 heteroatoms. The number of fused-ring (bicyclic) bond motifs is 1. The van der Waals surface area contributed by atoms with Crippen molar-refractivity contribution in [2.75, 3.05) is 11.6 Å². The first-order valence-electron chi connectivity index (χ1n) is 6.21. The third-order valence-electron chi connectivity index (χ3n) is 2.86. The summed E-state index contributed by atoms with van der Waals surface area (Å²) in [5.74, 6) is 0.559. The van der Waals surface area contributed by atoms with Gasteiger partial charge in [0, 0.05) is 6.26 Å². The third-order valence-corrected chi connectivity index (χ3v) is 5.14. The highest BCUT2D eigenvalue weighted by Crippen LogP contribution is 2.32. The average molecular weight is 355 g/mol. The van der Waals surface area contributed by atoms with E-state index in [1.54, 1.807) is 31.2 Å². The molecule has 22 heavy (non-hydrogen) atoms. The van der Waals surface area contributed by atoms with Crippen molar-refractivity contribution >= 4 is 53.9 Å². The van der Waals surface area contributed by atoms with Crippen LogP contribution in [-0.2, 0) is 9.84 Å². The van der Waals surface area contributed by atoms with Crippen LogP contribution in [0.5, 0.6) is 0 Å². The summed E-state index contributed by atoms with van der Waals surface area (Å²) < 4.78 is 23.6. The van der Waals surface area contributed by atoms with E-state index >= 15 is 0 Å². The van der Waals surface area contributed by atoms with Gasteiger partial charge >= 0.3 is 0 Å². The van der Waals surface area contributed by atoms with E-state index in [-0.39, 0.29) is 10.0 Å². The number of halogens is 1. The van der Waals surface area contributed by atoms with Gasteiger partial charge < -0.3 is 5.32 Å². The molecule has 0 radical (unpaired) electrons. The van der Waals surface area contributed by atoms with Crippen molar-refractivity contribution in [1.82, 2.24) is 15.0 Å². The second-order valence-corrected chi connectivity index (χ2v) is 7.95. The Morgan fingerprint density at radius 3 is 2.64 bits per heavy atom. The Balaban J connectivity index is 2.06. The van der Waals surface area contributed by atoms with E-state index in [0.717, 1.165) is 6.26 Å². The highest BCUT2D eigenvalue weighted by atomic mass is 35.5. The predicted octanol–water partition coefficient (Wildman–Crippen LogP) is 3.20. The maximum Gasteiger partial charge on any atom is 0.189 e. The van der Waals surface area contributed by atoms with Gasteiger partial charge in [0.2, 0.25) is 0 Å². The molecule has 2 heterocycles. The Morgan fingerprint density at radius 1 is 1.18 bits per heavy atom. The molecule has 6 nitrogen and oxygen atoms in total. The summed E-state index contributed by atoms with van der Waals surface area (Å²) in [6.45, 7) is 1.75. The maximum atomic E-state index is 11.8. The van der Waals surface area contributed by atoms with Crippen LogP contribution in [0.1, 0.15) is 5.82 Å². The first-order chi connectivity index (χ1) is 10.3. The maximum absolute atomic E-state index is 11.8. The van der Waals surface area contributed by atoms with Crippen molar-refractivity contribution in [3.63, 3.8) is 0 Å². The first-order valence-corrected chi connectivity index (χ1v) is 9.30. The molecule has 0 spiro atoms. The van der Waals surface area contributed by atoms with Crippen LogP contribution in [0.25, 0.3) is 10.3 Å². The van der Waals surface area contributed by atoms with Gasteiger partial charge in [0.15, 0.2) is 25.0 Å². The highest BCUT2D eigenvalue weighted by Gasteiger charge is 2.15. The number of para-hydroxylation sites is 1. The molecule has 0 aliphatic rings. The van der Waals surface area contributed by atoms with E-state index in [4.69, 9.17) is 11.6 Å². The number of anilines is 2. The number of aromatic nitrogens is 3. The number of thiazole rings is 1.